The minimum Gasteiger partial charge on any atom is -0.458 e. The zero-order valence-corrected chi connectivity index (χ0v) is 21.9. The summed E-state index contributed by atoms with van der Waals surface area (Å²) < 4.78 is 12.9. The van der Waals surface area contributed by atoms with Gasteiger partial charge in [-0.2, -0.15) is 5.10 Å². The number of nitro groups is 1. The second-order valence-corrected chi connectivity index (χ2v) is 10.6. The summed E-state index contributed by atoms with van der Waals surface area (Å²) in [6.07, 6.45) is 0.450. The first-order valence-electron chi connectivity index (χ1n) is 12.5. The maximum Gasteiger partial charge on any atom is 0.413 e. The first-order valence-corrected chi connectivity index (χ1v) is 12.5. The first-order chi connectivity index (χ1) is 18.0. The number of anilines is 1. The molecule has 2 aromatic carbocycles. The Hall–Kier alpha value is -4.21. The quantitative estimate of drug-likeness (QED) is 0.229. The van der Waals surface area contributed by atoms with Crippen LogP contribution in [0, 0.1) is 16.0 Å². The van der Waals surface area contributed by atoms with Gasteiger partial charge < -0.3 is 9.47 Å². The van der Waals surface area contributed by atoms with E-state index >= 15 is 0 Å². The number of nitrogens with one attached hydrogen (secondary N) is 1. The van der Waals surface area contributed by atoms with E-state index in [1.807, 2.05) is 64.1 Å². The summed E-state index contributed by atoms with van der Waals surface area (Å²) in [5, 5.41) is 18.5. The number of nitrogens with zero attached hydrogens (tertiary/aromatic N) is 3. The molecule has 1 amide bonds. The van der Waals surface area contributed by atoms with Gasteiger partial charge >= 0.3 is 12.1 Å². The summed E-state index contributed by atoms with van der Waals surface area (Å²) in [6, 6.07) is 16.7. The molecule has 1 saturated carbocycles. The third-order valence-corrected chi connectivity index (χ3v) is 6.60. The minimum absolute atomic E-state index is 0.0316. The van der Waals surface area contributed by atoms with E-state index in [1.54, 1.807) is 4.68 Å². The molecule has 1 N–H and O–H groups in total. The standard InChI is InChI=1S/C28H32N4O6/c1-18-14-21(15-24(18)38-26(33)20-10-12-22(13-11-20)32(35)36)23-16-25(31(30-23)28(2,3)4)29-27(34)37-17-19-8-6-5-7-9-19/h5-13,16,18,21,24H,14-15,17H2,1-4H3,(H,29,34). The molecule has 0 radical (unpaired) electrons. The molecular weight excluding hydrogens is 488 g/mol. The number of esters is 1. The SMILES string of the molecule is CC1CC(c2cc(NC(=O)OCc3ccccc3)n(C(C)(C)C)n2)CC1OC(=O)c1ccc([N+](=O)[O-])cc1. The van der Waals surface area contributed by atoms with E-state index < -0.39 is 22.5 Å². The van der Waals surface area contributed by atoms with Crippen LogP contribution in [0.2, 0.25) is 0 Å². The van der Waals surface area contributed by atoms with Crippen LogP contribution in [0.25, 0.3) is 0 Å². The van der Waals surface area contributed by atoms with E-state index in [1.165, 1.54) is 24.3 Å². The van der Waals surface area contributed by atoms with Crippen molar-refractivity contribution in [1.29, 1.82) is 0 Å². The summed E-state index contributed by atoms with van der Waals surface area (Å²) in [6.45, 7) is 8.17. The third kappa shape index (κ3) is 6.37. The van der Waals surface area contributed by atoms with Crippen LogP contribution in [0.15, 0.2) is 60.7 Å². The molecule has 1 heterocycles. The second-order valence-electron chi connectivity index (χ2n) is 10.6. The Labute approximate surface area is 221 Å². The van der Waals surface area contributed by atoms with Crippen LogP contribution in [-0.4, -0.2) is 32.9 Å². The van der Waals surface area contributed by atoms with Gasteiger partial charge in [0.1, 0.15) is 18.5 Å². The molecule has 0 saturated heterocycles. The fourth-order valence-corrected chi connectivity index (χ4v) is 4.60. The second kappa shape index (κ2) is 11.0. The van der Waals surface area contributed by atoms with Gasteiger partial charge in [0, 0.05) is 24.1 Å². The van der Waals surface area contributed by atoms with Gasteiger partial charge in [0.05, 0.1) is 21.7 Å². The molecule has 4 rings (SSSR count). The molecule has 200 valence electrons. The fourth-order valence-electron chi connectivity index (χ4n) is 4.60. The highest BCUT2D eigenvalue weighted by Crippen LogP contribution is 2.41. The molecule has 10 nitrogen and oxygen atoms in total. The highest BCUT2D eigenvalue weighted by molar-refractivity contribution is 5.89. The number of benzene rings is 2. The van der Waals surface area contributed by atoms with Crippen LogP contribution in [0.3, 0.4) is 0 Å². The Balaban J connectivity index is 1.43. The minimum atomic E-state index is -0.569. The summed E-state index contributed by atoms with van der Waals surface area (Å²) in [5.74, 6) is 0.142. The Morgan fingerprint density at radius 1 is 1.11 bits per heavy atom. The van der Waals surface area contributed by atoms with Crippen LogP contribution >= 0.6 is 0 Å². The summed E-state index contributed by atoms with van der Waals surface area (Å²) in [7, 11) is 0. The van der Waals surface area contributed by atoms with Gasteiger partial charge in [-0.3, -0.25) is 15.4 Å². The number of aromatic nitrogens is 2. The average molecular weight is 521 g/mol. The topological polar surface area (TPSA) is 126 Å². The highest BCUT2D eigenvalue weighted by atomic mass is 16.6. The van der Waals surface area contributed by atoms with Crippen molar-refractivity contribution in [2.24, 2.45) is 5.92 Å². The summed E-state index contributed by atoms with van der Waals surface area (Å²) >= 11 is 0. The lowest BCUT2D eigenvalue weighted by molar-refractivity contribution is -0.384. The van der Waals surface area contributed by atoms with Gasteiger partial charge in [-0.1, -0.05) is 37.3 Å². The first kappa shape index (κ1) is 26.8. The van der Waals surface area contributed by atoms with Gasteiger partial charge in [0.15, 0.2) is 0 Å². The predicted octanol–water partition coefficient (Wildman–Crippen LogP) is 6.03. The predicted molar refractivity (Wildman–Crippen MR) is 141 cm³/mol. The molecule has 1 aliphatic rings. The lowest BCUT2D eigenvalue weighted by Crippen LogP contribution is -2.27. The smallest absolute Gasteiger partial charge is 0.413 e. The van der Waals surface area contributed by atoms with E-state index in [4.69, 9.17) is 14.6 Å². The number of rotatable bonds is 7. The molecule has 0 spiro atoms. The summed E-state index contributed by atoms with van der Waals surface area (Å²) in [5.41, 5.74) is 1.48. The molecule has 1 aromatic heterocycles. The number of nitro benzene ring substituents is 1. The third-order valence-electron chi connectivity index (χ3n) is 6.60. The van der Waals surface area contributed by atoms with E-state index in [-0.39, 0.29) is 35.8 Å². The van der Waals surface area contributed by atoms with Gasteiger partial charge in [-0.25, -0.2) is 14.3 Å². The van der Waals surface area contributed by atoms with E-state index in [2.05, 4.69) is 5.32 Å². The van der Waals surface area contributed by atoms with E-state index in [0.29, 0.717) is 12.2 Å². The van der Waals surface area contributed by atoms with Crippen LogP contribution in [0.5, 0.6) is 0 Å². The number of hydrogen-bond acceptors (Lipinski definition) is 7. The van der Waals surface area contributed by atoms with Gasteiger partial charge in [-0.15, -0.1) is 0 Å². The van der Waals surface area contributed by atoms with Gasteiger partial charge in [-0.05, 0) is 57.2 Å². The highest BCUT2D eigenvalue weighted by Gasteiger charge is 2.37. The van der Waals surface area contributed by atoms with Crippen LogP contribution in [-0.2, 0) is 21.6 Å². The van der Waals surface area contributed by atoms with Crippen LogP contribution in [0.4, 0.5) is 16.3 Å². The monoisotopic (exact) mass is 520 g/mol. The van der Waals surface area contributed by atoms with Gasteiger partial charge in [0.25, 0.3) is 5.69 Å². The Kier molecular flexibility index (Phi) is 7.80. The Bertz CT molecular complexity index is 1300. The Morgan fingerprint density at radius 2 is 1.79 bits per heavy atom. The molecule has 1 aliphatic carbocycles. The van der Waals surface area contributed by atoms with E-state index in [0.717, 1.165) is 17.7 Å². The van der Waals surface area contributed by atoms with Crippen molar-refractivity contribution in [2.75, 3.05) is 5.32 Å². The molecule has 0 aliphatic heterocycles. The zero-order chi connectivity index (χ0) is 27.4. The average Bonchev–Trinajstić information content (AvgIpc) is 3.47. The van der Waals surface area contributed by atoms with Crippen molar-refractivity contribution < 1.29 is 24.0 Å². The zero-order valence-electron chi connectivity index (χ0n) is 21.9. The van der Waals surface area contributed by atoms with Crippen LogP contribution < -0.4 is 5.32 Å². The molecule has 1 fully saturated rings. The maximum absolute atomic E-state index is 12.7. The van der Waals surface area contributed by atoms with Crippen molar-refractivity contribution in [3.05, 3.63) is 87.6 Å². The molecule has 3 aromatic rings. The lowest BCUT2D eigenvalue weighted by atomic mass is 10.0. The van der Waals surface area contributed by atoms with Crippen molar-refractivity contribution in [1.82, 2.24) is 9.78 Å². The van der Waals surface area contributed by atoms with Crippen molar-refractivity contribution in [3.8, 4) is 0 Å². The molecule has 10 heteroatoms. The number of carbonyl (C=O) groups excluding carboxylic acids is 2. The van der Waals surface area contributed by atoms with E-state index in [9.17, 15) is 19.7 Å². The number of non-ortho nitro benzene ring substituents is 1. The van der Waals surface area contributed by atoms with Crippen molar-refractivity contribution in [2.45, 2.75) is 64.7 Å². The maximum atomic E-state index is 12.7. The largest absolute Gasteiger partial charge is 0.458 e. The number of amides is 1. The Morgan fingerprint density at radius 3 is 2.42 bits per heavy atom. The number of carbonyl (C=O) groups is 2. The molecule has 0 bridgehead atoms. The molecule has 38 heavy (non-hydrogen) atoms. The van der Waals surface area contributed by atoms with Crippen molar-refractivity contribution >= 4 is 23.6 Å². The van der Waals surface area contributed by atoms with Crippen LogP contribution in [0.1, 0.15) is 68.1 Å². The summed E-state index contributed by atoms with van der Waals surface area (Å²) in [4.78, 5) is 35.6. The number of hydrogen-bond donors (Lipinski definition) is 1. The molecule has 3 unspecified atom stereocenters. The van der Waals surface area contributed by atoms with Gasteiger partial charge in [0.2, 0.25) is 0 Å². The normalized spacial score (nSPS) is 19.1. The fraction of sp³-hybridized carbons (Fsp3) is 0.393. The number of ether oxygens (including phenoxy) is 2. The van der Waals surface area contributed by atoms with Crippen molar-refractivity contribution in [3.63, 3.8) is 0 Å². The lowest BCUT2D eigenvalue weighted by Gasteiger charge is -2.22. The molecule has 3 atom stereocenters. The molecular formula is C28H32N4O6.